The van der Waals surface area contributed by atoms with Gasteiger partial charge in [-0.1, -0.05) is 40.2 Å². The normalized spacial score (nSPS) is 11.1. The maximum Gasteiger partial charge on any atom is 0.0723 e. The zero-order chi connectivity index (χ0) is 13.8. The molecule has 0 bridgehead atoms. The fourth-order valence-electron chi connectivity index (χ4n) is 1.95. The molecule has 0 fully saturated rings. The van der Waals surface area contributed by atoms with Crippen LogP contribution in [0.2, 0.25) is 0 Å². The molecule has 0 unspecified atom stereocenters. The molecule has 1 aromatic heterocycles. The molecule has 3 rings (SSSR count). The molecular weight excluding hydrogens is 314 g/mol. The molecule has 1 N–H and O–H groups in total. The zero-order valence-electron chi connectivity index (χ0n) is 10.6. The lowest BCUT2D eigenvalue weighted by Crippen LogP contribution is -1.92. The largest absolute Gasteiger partial charge is 0.278 e. The number of anilines is 1. The van der Waals surface area contributed by atoms with Gasteiger partial charge in [-0.3, -0.25) is 10.4 Å². The van der Waals surface area contributed by atoms with E-state index in [1.165, 1.54) is 0 Å². The van der Waals surface area contributed by atoms with Crippen LogP contribution in [0.4, 0.5) is 5.69 Å². The van der Waals surface area contributed by atoms with Crippen LogP contribution >= 0.6 is 15.9 Å². The Morgan fingerprint density at radius 3 is 2.80 bits per heavy atom. The standard InChI is InChI=1S/C16H12BrN3/c17-14-7-2-1-5-12(14)11-19-20-16-9-3-8-15-13(16)6-4-10-18-15/h1-11,20H/b19-11+. The van der Waals surface area contributed by atoms with Crippen molar-refractivity contribution in [2.45, 2.75) is 0 Å². The van der Waals surface area contributed by atoms with Gasteiger partial charge >= 0.3 is 0 Å². The fourth-order valence-corrected chi connectivity index (χ4v) is 2.34. The predicted octanol–water partition coefficient (Wildman–Crippen LogP) is 4.44. The van der Waals surface area contributed by atoms with Gasteiger partial charge in [0.25, 0.3) is 0 Å². The summed E-state index contributed by atoms with van der Waals surface area (Å²) in [4.78, 5) is 4.32. The Hall–Kier alpha value is -2.20. The first-order valence-electron chi connectivity index (χ1n) is 6.22. The van der Waals surface area contributed by atoms with Gasteiger partial charge in [0.15, 0.2) is 0 Å². The first kappa shape index (κ1) is 12.8. The van der Waals surface area contributed by atoms with Crippen molar-refractivity contribution in [2.75, 3.05) is 5.43 Å². The number of pyridine rings is 1. The maximum absolute atomic E-state index is 4.32. The summed E-state index contributed by atoms with van der Waals surface area (Å²) in [7, 11) is 0. The minimum atomic E-state index is 0.943. The molecule has 0 amide bonds. The van der Waals surface area contributed by atoms with Gasteiger partial charge in [-0.05, 0) is 30.3 Å². The highest BCUT2D eigenvalue weighted by molar-refractivity contribution is 9.10. The third-order valence-electron chi connectivity index (χ3n) is 2.94. The molecule has 0 saturated carbocycles. The van der Waals surface area contributed by atoms with Crippen molar-refractivity contribution in [1.82, 2.24) is 4.98 Å². The third-order valence-corrected chi connectivity index (χ3v) is 3.66. The van der Waals surface area contributed by atoms with Gasteiger partial charge in [-0.2, -0.15) is 5.10 Å². The summed E-state index contributed by atoms with van der Waals surface area (Å²) >= 11 is 3.49. The number of aromatic nitrogens is 1. The number of benzene rings is 2. The SMILES string of the molecule is Brc1ccccc1/C=N/Nc1cccc2ncccc12. The van der Waals surface area contributed by atoms with Gasteiger partial charge in [0.05, 0.1) is 17.4 Å². The Balaban J connectivity index is 1.86. The van der Waals surface area contributed by atoms with Crippen LogP contribution < -0.4 is 5.43 Å². The lowest BCUT2D eigenvalue weighted by molar-refractivity contribution is 1.35. The van der Waals surface area contributed by atoms with E-state index in [0.717, 1.165) is 26.6 Å². The smallest absolute Gasteiger partial charge is 0.0723 e. The molecule has 4 heteroatoms. The summed E-state index contributed by atoms with van der Waals surface area (Å²) in [5.41, 5.74) is 5.99. The summed E-state index contributed by atoms with van der Waals surface area (Å²) in [5, 5.41) is 5.34. The highest BCUT2D eigenvalue weighted by Gasteiger charge is 1.99. The maximum atomic E-state index is 4.32. The number of fused-ring (bicyclic) bond motifs is 1. The molecule has 0 atom stereocenters. The van der Waals surface area contributed by atoms with E-state index in [-0.39, 0.29) is 0 Å². The van der Waals surface area contributed by atoms with E-state index in [1.54, 1.807) is 12.4 Å². The summed E-state index contributed by atoms with van der Waals surface area (Å²) in [5.74, 6) is 0. The quantitative estimate of drug-likeness (QED) is 0.570. The molecule has 3 aromatic rings. The number of hydrogen-bond acceptors (Lipinski definition) is 3. The minimum Gasteiger partial charge on any atom is -0.278 e. The monoisotopic (exact) mass is 325 g/mol. The van der Waals surface area contributed by atoms with Crippen LogP contribution in [-0.4, -0.2) is 11.2 Å². The van der Waals surface area contributed by atoms with Crippen LogP contribution in [0.3, 0.4) is 0 Å². The van der Waals surface area contributed by atoms with Gasteiger partial charge < -0.3 is 0 Å². The summed E-state index contributed by atoms with van der Waals surface area (Å²) in [6.45, 7) is 0. The van der Waals surface area contributed by atoms with Crippen LogP contribution in [0.15, 0.2) is 70.4 Å². The number of hydrogen-bond donors (Lipinski definition) is 1. The molecular formula is C16H12BrN3. The average Bonchev–Trinajstić information content (AvgIpc) is 2.49. The molecule has 0 spiro atoms. The number of rotatable bonds is 3. The van der Waals surface area contributed by atoms with E-state index in [4.69, 9.17) is 0 Å². The molecule has 3 nitrogen and oxygen atoms in total. The molecule has 0 aliphatic heterocycles. The Morgan fingerprint density at radius 1 is 1.00 bits per heavy atom. The molecule has 0 aliphatic rings. The first-order chi connectivity index (χ1) is 9.84. The molecule has 98 valence electrons. The van der Waals surface area contributed by atoms with Gasteiger partial charge in [0, 0.05) is 21.6 Å². The summed E-state index contributed by atoms with van der Waals surface area (Å²) in [6.07, 6.45) is 3.58. The number of nitrogens with zero attached hydrogens (tertiary/aromatic N) is 2. The van der Waals surface area contributed by atoms with Gasteiger partial charge in [0.2, 0.25) is 0 Å². The minimum absolute atomic E-state index is 0.943. The van der Waals surface area contributed by atoms with Crippen molar-refractivity contribution in [2.24, 2.45) is 5.10 Å². The lowest BCUT2D eigenvalue weighted by atomic mass is 10.2. The second-order valence-electron chi connectivity index (χ2n) is 4.27. The average molecular weight is 326 g/mol. The molecule has 0 aliphatic carbocycles. The van der Waals surface area contributed by atoms with Crippen molar-refractivity contribution in [3.8, 4) is 0 Å². The highest BCUT2D eigenvalue weighted by Crippen LogP contribution is 2.21. The van der Waals surface area contributed by atoms with E-state index in [9.17, 15) is 0 Å². The van der Waals surface area contributed by atoms with Crippen LogP contribution in [0, 0.1) is 0 Å². The number of hydrazone groups is 1. The topological polar surface area (TPSA) is 37.3 Å². The Kier molecular flexibility index (Phi) is 3.74. The van der Waals surface area contributed by atoms with E-state index in [2.05, 4.69) is 31.4 Å². The van der Waals surface area contributed by atoms with Crippen molar-refractivity contribution < 1.29 is 0 Å². The van der Waals surface area contributed by atoms with Crippen molar-refractivity contribution in [3.63, 3.8) is 0 Å². The number of nitrogens with one attached hydrogen (secondary N) is 1. The fraction of sp³-hybridized carbons (Fsp3) is 0. The Bertz CT molecular complexity index is 763. The van der Waals surface area contributed by atoms with E-state index in [1.807, 2.05) is 54.6 Å². The second kappa shape index (κ2) is 5.84. The molecule has 1 heterocycles. The van der Waals surface area contributed by atoms with E-state index in [0.29, 0.717) is 0 Å². The summed E-state index contributed by atoms with van der Waals surface area (Å²) < 4.78 is 1.02. The first-order valence-corrected chi connectivity index (χ1v) is 7.01. The van der Waals surface area contributed by atoms with E-state index >= 15 is 0 Å². The molecule has 2 aromatic carbocycles. The third kappa shape index (κ3) is 2.70. The summed E-state index contributed by atoms with van der Waals surface area (Å²) in [6, 6.07) is 17.8. The molecule has 0 radical (unpaired) electrons. The Morgan fingerprint density at radius 2 is 1.90 bits per heavy atom. The van der Waals surface area contributed by atoms with Crippen LogP contribution in [-0.2, 0) is 0 Å². The second-order valence-corrected chi connectivity index (χ2v) is 5.12. The van der Waals surface area contributed by atoms with Gasteiger partial charge in [-0.25, -0.2) is 0 Å². The van der Waals surface area contributed by atoms with Crippen molar-refractivity contribution in [3.05, 3.63) is 70.8 Å². The van der Waals surface area contributed by atoms with Crippen molar-refractivity contribution in [1.29, 1.82) is 0 Å². The molecule has 20 heavy (non-hydrogen) atoms. The lowest BCUT2D eigenvalue weighted by Gasteiger charge is -2.04. The van der Waals surface area contributed by atoms with Gasteiger partial charge in [0.1, 0.15) is 0 Å². The zero-order valence-corrected chi connectivity index (χ0v) is 12.2. The van der Waals surface area contributed by atoms with Crippen LogP contribution in [0.1, 0.15) is 5.56 Å². The van der Waals surface area contributed by atoms with E-state index < -0.39 is 0 Å². The predicted molar refractivity (Wildman–Crippen MR) is 87.1 cm³/mol. The highest BCUT2D eigenvalue weighted by atomic mass is 79.9. The van der Waals surface area contributed by atoms with Crippen molar-refractivity contribution >= 4 is 38.7 Å². The molecule has 0 saturated heterocycles. The van der Waals surface area contributed by atoms with Gasteiger partial charge in [-0.15, -0.1) is 0 Å². The van der Waals surface area contributed by atoms with Crippen LogP contribution in [0.5, 0.6) is 0 Å². The van der Waals surface area contributed by atoms with Crippen LogP contribution in [0.25, 0.3) is 10.9 Å². The number of halogens is 1. The Labute approximate surface area is 125 Å².